The Balaban J connectivity index is 1.56. The number of nitrogens with zero attached hydrogens (tertiary/aromatic N) is 5. The lowest BCUT2D eigenvalue weighted by molar-refractivity contribution is -0.116. The van der Waals surface area contributed by atoms with Crippen LogP contribution in [-0.4, -0.2) is 30.5 Å². The minimum absolute atomic E-state index is 0.163. The lowest BCUT2D eigenvalue weighted by Gasteiger charge is -2.05. The molecule has 7 nitrogen and oxygen atoms in total. The highest BCUT2D eigenvalue weighted by Gasteiger charge is 2.12. The zero-order valence-electron chi connectivity index (χ0n) is 14.4. The number of aromatic nitrogens is 5. The van der Waals surface area contributed by atoms with Gasteiger partial charge in [-0.1, -0.05) is 29.8 Å². The van der Waals surface area contributed by atoms with Crippen LogP contribution in [0, 0.1) is 13.8 Å². The van der Waals surface area contributed by atoms with E-state index in [1.54, 1.807) is 11.0 Å². The first kappa shape index (κ1) is 18.6. The molecule has 0 unspecified atom stereocenters. The first-order valence-electron chi connectivity index (χ1n) is 8.06. The molecular weight excluding hydrogens is 420 g/mol. The van der Waals surface area contributed by atoms with Gasteiger partial charge < -0.3 is 0 Å². The van der Waals surface area contributed by atoms with Crippen molar-refractivity contribution < 1.29 is 4.79 Å². The number of rotatable bonds is 6. The summed E-state index contributed by atoms with van der Waals surface area (Å²) in [5.41, 5.74) is 2.84. The summed E-state index contributed by atoms with van der Waals surface area (Å²) >= 11 is 9.63. The molecule has 1 aromatic carbocycles. The van der Waals surface area contributed by atoms with Crippen LogP contribution in [0.15, 0.2) is 35.1 Å². The molecule has 0 spiro atoms. The lowest BCUT2D eigenvalue weighted by Crippen LogP contribution is -2.16. The van der Waals surface area contributed by atoms with Crippen LogP contribution in [-0.2, 0) is 17.9 Å². The van der Waals surface area contributed by atoms with Crippen molar-refractivity contribution in [3.63, 3.8) is 0 Å². The third-order valence-corrected chi connectivity index (χ3v) is 5.44. The standard InChI is InChI=1S/C17H18BrClN6O/c1-11-16(18)12(2)25(22-11)8-7-15(26)21-17-20-10-24(23-17)9-13-5-3-4-6-14(13)19/h3-6,10H,7-9H2,1-2H3,(H,21,23,26). The number of hydrogen-bond acceptors (Lipinski definition) is 4. The number of anilines is 1. The van der Waals surface area contributed by atoms with E-state index in [9.17, 15) is 4.79 Å². The van der Waals surface area contributed by atoms with Crippen LogP contribution in [0.1, 0.15) is 23.4 Å². The van der Waals surface area contributed by atoms with Crippen molar-refractivity contribution in [2.24, 2.45) is 0 Å². The second-order valence-electron chi connectivity index (χ2n) is 5.86. The van der Waals surface area contributed by atoms with E-state index < -0.39 is 0 Å². The molecule has 0 saturated carbocycles. The summed E-state index contributed by atoms with van der Waals surface area (Å²) in [5.74, 6) is 0.112. The number of hydrogen-bond donors (Lipinski definition) is 1. The summed E-state index contributed by atoms with van der Waals surface area (Å²) in [4.78, 5) is 16.3. The first-order chi connectivity index (χ1) is 12.4. The SMILES string of the molecule is Cc1nn(CCC(=O)Nc2ncn(Cc3ccccc3Cl)n2)c(C)c1Br. The topological polar surface area (TPSA) is 77.6 Å². The fourth-order valence-corrected chi connectivity index (χ4v) is 3.00. The van der Waals surface area contributed by atoms with Gasteiger partial charge in [0.15, 0.2) is 0 Å². The summed E-state index contributed by atoms with van der Waals surface area (Å²) in [5, 5.41) is 12.0. The van der Waals surface area contributed by atoms with Crippen LogP contribution in [0.2, 0.25) is 5.02 Å². The van der Waals surface area contributed by atoms with E-state index in [0.717, 1.165) is 21.4 Å². The van der Waals surface area contributed by atoms with Crippen molar-refractivity contribution in [1.29, 1.82) is 0 Å². The third kappa shape index (κ3) is 4.31. The van der Waals surface area contributed by atoms with Crippen LogP contribution in [0.3, 0.4) is 0 Å². The van der Waals surface area contributed by atoms with Gasteiger partial charge in [0, 0.05) is 17.1 Å². The van der Waals surface area contributed by atoms with Gasteiger partial charge in [0.2, 0.25) is 11.9 Å². The van der Waals surface area contributed by atoms with E-state index in [1.165, 1.54) is 0 Å². The summed E-state index contributed by atoms with van der Waals surface area (Å²) in [6.07, 6.45) is 1.85. The normalized spacial score (nSPS) is 10.9. The highest BCUT2D eigenvalue weighted by Crippen LogP contribution is 2.20. The molecule has 0 radical (unpaired) electrons. The van der Waals surface area contributed by atoms with Crippen LogP contribution < -0.4 is 5.32 Å². The van der Waals surface area contributed by atoms with E-state index in [0.29, 0.717) is 18.1 Å². The zero-order chi connectivity index (χ0) is 18.7. The molecule has 1 N–H and O–H groups in total. The number of carbonyl (C=O) groups excluding carboxylic acids is 1. The molecule has 3 aromatic rings. The molecule has 1 amide bonds. The summed E-state index contributed by atoms with van der Waals surface area (Å²) in [7, 11) is 0. The average Bonchev–Trinajstić information content (AvgIpc) is 3.15. The zero-order valence-corrected chi connectivity index (χ0v) is 16.8. The largest absolute Gasteiger partial charge is 0.293 e. The number of benzene rings is 1. The molecule has 0 aliphatic heterocycles. The Hall–Kier alpha value is -2.19. The molecule has 0 aliphatic rings. The predicted octanol–water partition coefficient (Wildman–Crippen LogP) is 3.58. The molecule has 2 aromatic heterocycles. The molecule has 2 heterocycles. The molecule has 3 rings (SSSR count). The maximum absolute atomic E-state index is 12.1. The van der Waals surface area contributed by atoms with Gasteiger partial charge in [-0.3, -0.25) is 14.8 Å². The van der Waals surface area contributed by atoms with Gasteiger partial charge in [-0.05, 0) is 41.4 Å². The Morgan fingerprint density at radius 3 is 2.73 bits per heavy atom. The van der Waals surface area contributed by atoms with E-state index in [-0.39, 0.29) is 18.3 Å². The second kappa shape index (κ2) is 8.01. The maximum Gasteiger partial charge on any atom is 0.248 e. The Bertz CT molecular complexity index is 935. The van der Waals surface area contributed by atoms with Crippen LogP contribution >= 0.6 is 27.5 Å². The molecule has 0 atom stereocenters. The van der Waals surface area contributed by atoms with Crippen molar-refractivity contribution in [3.05, 3.63) is 57.0 Å². The minimum Gasteiger partial charge on any atom is -0.293 e. The van der Waals surface area contributed by atoms with Gasteiger partial charge in [0.25, 0.3) is 0 Å². The highest BCUT2D eigenvalue weighted by atomic mass is 79.9. The molecule has 0 aliphatic carbocycles. The number of halogens is 2. The van der Waals surface area contributed by atoms with E-state index in [2.05, 4.69) is 36.4 Å². The van der Waals surface area contributed by atoms with E-state index in [1.807, 2.05) is 42.8 Å². The number of carbonyl (C=O) groups is 1. The van der Waals surface area contributed by atoms with Gasteiger partial charge in [-0.25, -0.2) is 9.67 Å². The van der Waals surface area contributed by atoms with E-state index >= 15 is 0 Å². The van der Waals surface area contributed by atoms with Crippen molar-refractivity contribution >= 4 is 39.4 Å². The fourth-order valence-electron chi connectivity index (χ4n) is 2.52. The van der Waals surface area contributed by atoms with Gasteiger partial charge in [-0.2, -0.15) is 5.10 Å². The summed E-state index contributed by atoms with van der Waals surface area (Å²) in [6.45, 7) is 4.86. The van der Waals surface area contributed by atoms with Crippen LogP contribution in [0.25, 0.3) is 0 Å². The fraction of sp³-hybridized carbons (Fsp3) is 0.294. The van der Waals surface area contributed by atoms with Gasteiger partial charge in [0.1, 0.15) is 6.33 Å². The molecule has 0 fully saturated rings. The Kier molecular flexibility index (Phi) is 5.73. The van der Waals surface area contributed by atoms with Gasteiger partial charge >= 0.3 is 0 Å². The van der Waals surface area contributed by atoms with Crippen molar-refractivity contribution in [2.45, 2.75) is 33.4 Å². The van der Waals surface area contributed by atoms with Gasteiger partial charge in [-0.15, -0.1) is 5.10 Å². The van der Waals surface area contributed by atoms with Crippen molar-refractivity contribution in [1.82, 2.24) is 24.5 Å². The monoisotopic (exact) mass is 436 g/mol. The third-order valence-electron chi connectivity index (χ3n) is 3.92. The molecule has 0 bridgehead atoms. The first-order valence-corrected chi connectivity index (χ1v) is 9.23. The molecule has 0 saturated heterocycles. The number of aryl methyl sites for hydroxylation is 2. The van der Waals surface area contributed by atoms with Crippen LogP contribution in [0.5, 0.6) is 0 Å². The predicted molar refractivity (Wildman–Crippen MR) is 103 cm³/mol. The second-order valence-corrected chi connectivity index (χ2v) is 7.06. The summed E-state index contributed by atoms with van der Waals surface area (Å²) in [6, 6.07) is 7.54. The highest BCUT2D eigenvalue weighted by molar-refractivity contribution is 9.10. The molecule has 136 valence electrons. The molecule has 26 heavy (non-hydrogen) atoms. The molecule has 9 heteroatoms. The average molecular weight is 438 g/mol. The van der Waals surface area contributed by atoms with Crippen molar-refractivity contribution in [3.8, 4) is 0 Å². The smallest absolute Gasteiger partial charge is 0.248 e. The number of amides is 1. The maximum atomic E-state index is 12.1. The minimum atomic E-state index is -0.163. The Morgan fingerprint density at radius 1 is 1.27 bits per heavy atom. The lowest BCUT2D eigenvalue weighted by atomic mass is 10.2. The van der Waals surface area contributed by atoms with E-state index in [4.69, 9.17) is 11.6 Å². The Labute approximate surface area is 164 Å². The Morgan fingerprint density at radius 2 is 2.04 bits per heavy atom. The van der Waals surface area contributed by atoms with Crippen molar-refractivity contribution in [2.75, 3.05) is 5.32 Å². The number of nitrogens with one attached hydrogen (secondary N) is 1. The molecular formula is C17H18BrClN6O. The quantitative estimate of drug-likeness (QED) is 0.639. The van der Waals surface area contributed by atoms with Crippen LogP contribution in [0.4, 0.5) is 5.95 Å². The summed E-state index contributed by atoms with van der Waals surface area (Å²) < 4.78 is 4.41. The van der Waals surface area contributed by atoms with Gasteiger partial charge in [0.05, 0.1) is 23.3 Å².